The first-order valence-electron chi connectivity index (χ1n) is 8.48. The average molecular weight is 365 g/mol. The van der Waals surface area contributed by atoms with E-state index in [0.717, 1.165) is 18.4 Å². The van der Waals surface area contributed by atoms with Crippen LogP contribution in [0.4, 0.5) is 4.79 Å². The van der Waals surface area contributed by atoms with Crippen molar-refractivity contribution in [3.8, 4) is 5.88 Å². The molecule has 2 aromatic heterocycles. The number of halogens is 1. The highest BCUT2D eigenvalue weighted by molar-refractivity contribution is 6.29. The lowest BCUT2D eigenvalue weighted by Crippen LogP contribution is -2.54. The van der Waals surface area contributed by atoms with Crippen LogP contribution in [0, 0.1) is 5.92 Å². The fraction of sp³-hybridized carbons (Fsp3) is 0.588. The summed E-state index contributed by atoms with van der Waals surface area (Å²) in [6, 6.07) is 2.02. The van der Waals surface area contributed by atoms with Crippen molar-refractivity contribution in [2.24, 2.45) is 5.92 Å². The van der Waals surface area contributed by atoms with E-state index in [1.807, 2.05) is 31.7 Å². The van der Waals surface area contributed by atoms with Gasteiger partial charge in [-0.2, -0.15) is 10.1 Å². The number of hydrogen-bond donors (Lipinski definition) is 0. The molecule has 2 aliphatic rings. The maximum atomic E-state index is 12.3. The highest BCUT2D eigenvalue weighted by Crippen LogP contribution is 2.43. The fourth-order valence-corrected chi connectivity index (χ4v) is 3.78. The highest BCUT2D eigenvalue weighted by Gasteiger charge is 2.52. The summed E-state index contributed by atoms with van der Waals surface area (Å²) in [6.45, 7) is 6.35. The topological polar surface area (TPSA) is 69.0 Å². The van der Waals surface area contributed by atoms with Crippen LogP contribution in [0.1, 0.15) is 33.6 Å². The summed E-state index contributed by atoms with van der Waals surface area (Å²) < 4.78 is 13.3. The standard InChI is InChI=1S/C17H21ClN4O3/c1-17(2,3)25-16(23)21-7-5-10-12(21)8-13(10)24-15-11-4-6-19-22(11)9-14(18)20-15/h4,6,9-10,12-13H,5,7-8H2,1-3H3. The Morgan fingerprint density at radius 1 is 1.40 bits per heavy atom. The lowest BCUT2D eigenvalue weighted by Gasteiger charge is -2.42. The summed E-state index contributed by atoms with van der Waals surface area (Å²) in [5.74, 6) is 0.792. The predicted molar refractivity (Wildman–Crippen MR) is 91.9 cm³/mol. The Bertz CT molecular complexity index is 816. The van der Waals surface area contributed by atoms with Gasteiger partial charge >= 0.3 is 6.09 Å². The van der Waals surface area contributed by atoms with Crippen LogP contribution in [0.5, 0.6) is 5.88 Å². The van der Waals surface area contributed by atoms with Crippen LogP contribution in [-0.2, 0) is 4.74 Å². The molecule has 3 atom stereocenters. The van der Waals surface area contributed by atoms with E-state index in [9.17, 15) is 4.79 Å². The summed E-state index contributed by atoms with van der Waals surface area (Å²) in [5.41, 5.74) is 0.308. The molecule has 1 amide bonds. The number of rotatable bonds is 2. The van der Waals surface area contributed by atoms with Gasteiger partial charge in [-0.1, -0.05) is 11.6 Å². The Morgan fingerprint density at radius 3 is 2.96 bits per heavy atom. The van der Waals surface area contributed by atoms with E-state index in [1.54, 1.807) is 16.9 Å². The normalized spacial score (nSPS) is 25.6. The quantitative estimate of drug-likeness (QED) is 0.818. The number of likely N-dealkylation sites (tertiary alicyclic amines) is 1. The number of fused-ring (bicyclic) bond motifs is 2. The minimum absolute atomic E-state index is 0.0297. The van der Waals surface area contributed by atoms with E-state index < -0.39 is 5.60 Å². The van der Waals surface area contributed by atoms with Gasteiger partial charge in [0.1, 0.15) is 17.2 Å². The van der Waals surface area contributed by atoms with Gasteiger partial charge in [0.15, 0.2) is 5.15 Å². The number of carbonyl (C=O) groups excluding carboxylic acids is 1. The van der Waals surface area contributed by atoms with E-state index in [0.29, 0.717) is 23.5 Å². The van der Waals surface area contributed by atoms with E-state index >= 15 is 0 Å². The lowest BCUT2D eigenvalue weighted by molar-refractivity contribution is -0.0229. The first-order chi connectivity index (χ1) is 11.8. The molecule has 25 heavy (non-hydrogen) atoms. The maximum Gasteiger partial charge on any atom is 0.410 e. The molecule has 8 heteroatoms. The molecule has 2 fully saturated rings. The van der Waals surface area contributed by atoms with Crippen LogP contribution in [-0.4, -0.2) is 49.9 Å². The monoisotopic (exact) mass is 364 g/mol. The predicted octanol–water partition coefficient (Wildman–Crippen LogP) is 3.16. The van der Waals surface area contributed by atoms with Crippen molar-refractivity contribution in [1.29, 1.82) is 0 Å². The number of hydrogen-bond acceptors (Lipinski definition) is 5. The molecule has 1 aliphatic carbocycles. The van der Waals surface area contributed by atoms with E-state index in [2.05, 4.69) is 10.1 Å². The van der Waals surface area contributed by atoms with E-state index in [1.165, 1.54) is 0 Å². The molecular weight excluding hydrogens is 344 g/mol. The second kappa shape index (κ2) is 5.76. The summed E-state index contributed by atoms with van der Waals surface area (Å²) in [4.78, 5) is 18.4. The average Bonchev–Trinajstić information content (AvgIpc) is 3.06. The van der Waals surface area contributed by atoms with Gasteiger partial charge < -0.3 is 14.4 Å². The Balaban J connectivity index is 1.44. The van der Waals surface area contributed by atoms with Crippen LogP contribution in [0.3, 0.4) is 0 Å². The van der Waals surface area contributed by atoms with Gasteiger partial charge in [-0.25, -0.2) is 9.31 Å². The summed E-state index contributed by atoms with van der Waals surface area (Å²) in [5, 5.41) is 4.51. The number of carbonyl (C=O) groups is 1. The molecule has 2 aromatic rings. The Hall–Kier alpha value is -2.02. The minimum Gasteiger partial charge on any atom is -0.472 e. The van der Waals surface area contributed by atoms with Crippen LogP contribution >= 0.6 is 11.6 Å². The van der Waals surface area contributed by atoms with Gasteiger partial charge in [0.25, 0.3) is 0 Å². The molecule has 1 saturated heterocycles. The molecule has 4 rings (SSSR count). The molecule has 0 aromatic carbocycles. The smallest absolute Gasteiger partial charge is 0.410 e. The van der Waals surface area contributed by atoms with Gasteiger partial charge in [-0.15, -0.1) is 0 Å². The molecule has 3 unspecified atom stereocenters. The SMILES string of the molecule is CC(C)(C)OC(=O)N1CCC2C(Oc3nc(Cl)cn4nccc34)CC21. The van der Waals surface area contributed by atoms with Crippen molar-refractivity contribution in [2.45, 2.75) is 51.4 Å². The summed E-state index contributed by atoms with van der Waals surface area (Å²) in [6.07, 6.45) is 4.81. The second-order valence-corrected chi connectivity index (χ2v) is 8.00. The molecular formula is C17H21ClN4O3. The van der Waals surface area contributed by atoms with Gasteiger partial charge in [-0.3, -0.25) is 0 Å². The van der Waals surface area contributed by atoms with Crippen molar-refractivity contribution in [3.63, 3.8) is 0 Å². The van der Waals surface area contributed by atoms with Gasteiger partial charge in [0, 0.05) is 24.9 Å². The van der Waals surface area contributed by atoms with Crippen LogP contribution in [0.25, 0.3) is 5.52 Å². The Kier molecular flexibility index (Phi) is 3.79. The molecule has 3 heterocycles. The summed E-state index contributed by atoms with van der Waals surface area (Å²) in [7, 11) is 0. The van der Waals surface area contributed by atoms with E-state index in [-0.39, 0.29) is 18.2 Å². The third-order valence-corrected chi connectivity index (χ3v) is 4.95. The number of aromatic nitrogens is 3. The number of amides is 1. The first kappa shape index (κ1) is 16.4. The zero-order chi connectivity index (χ0) is 17.8. The molecule has 7 nitrogen and oxygen atoms in total. The molecule has 0 bridgehead atoms. The second-order valence-electron chi connectivity index (χ2n) is 7.62. The van der Waals surface area contributed by atoms with Crippen molar-refractivity contribution < 1.29 is 14.3 Å². The minimum atomic E-state index is -0.479. The molecule has 0 spiro atoms. The zero-order valence-corrected chi connectivity index (χ0v) is 15.2. The Morgan fingerprint density at radius 2 is 2.20 bits per heavy atom. The van der Waals surface area contributed by atoms with Crippen molar-refractivity contribution >= 4 is 23.2 Å². The van der Waals surface area contributed by atoms with Crippen LogP contribution < -0.4 is 4.74 Å². The fourth-order valence-electron chi connectivity index (χ4n) is 3.61. The largest absolute Gasteiger partial charge is 0.472 e. The lowest BCUT2D eigenvalue weighted by atomic mass is 9.77. The van der Waals surface area contributed by atoms with Crippen molar-refractivity contribution in [2.75, 3.05) is 6.54 Å². The maximum absolute atomic E-state index is 12.3. The summed E-state index contributed by atoms with van der Waals surface area (Å²) >= 11 is 6.04. The molecule has 0 N–H and O–H groups in total. The van der Waals surface area contributed by atoms with Gasteiger partial charge in [-0.05, 0) is 33.3 Å². The number of nitrogens with zero attached hydrogens (tertiary/aromatic N) is 4. The van der Waals surface area contributed by atoms with Crippen molar-refractivity contribution in [1.82, 2.24) is 19.5 Å². The molecule has 134 valence electrons. The third kappa shape index (κ3) is 3.01. The third-order valence-electron chi connectivity index (χ3n) is 4.77. The zero-order valence-electron chi connectivity index (χ0n) is 14.5. The molecule has 1 saturated carbocycles. The van der Waals surface area contributed by atoms with Gasteiger partial charge in [0.05, 0.1) is 12.4 Å². The van der Waals surface area contributed by atoms with Crippen LogP contribution in [0.15, 0.2) is 18.5 Å². The van der Waals surface area contributed by atoms with Crippen molar-refractivity contribution in [3.05, 3.63) is 23.6 Å². The molecule has 1 aliphatic heterocycles. The van der Waals surface area contributed by atoms with Gasteiger partial charge in [0.2, 0.25) is 5.88 Å². The molecule has 0 radical (unpaired) electrons. The van der Waals surface area contributed by atoms with Crippen LogP contribution in [0.2, 0.25) is 5.15 Å². The Labute approximate surface area is 150 Å². The highest BCUT2D eigenvalue weighted by atomic mass is 35.5. The first-order valence-corrected chi connectivity index (χ1v) is 8.86. The van der Waals surface area contributed by atoms with E-state index in [4.69, 9.17) is 21.1 Å². The number of ether oxygens (including phenoxy) is 2.